The van der Waals surface area contributed by atoms with Crippen LogP contribution in [0.1, 0.15) is 5.56 Å². The molecular formula is C27H32N8O3. The molecule has 0 bridgehead atoms. The molecular weight excluding hydrogens is 484 g/mol. The highest BCUT2D eigenvalue weighted by Gasteiger charge is 2.19. The maximum atomic E-state index is 13.2. The van der Waals surface area contributed by atoms with Gasteiger partial charge in [0.15, 0.2) is 11.5 Å². The lowest BCUT2D eigenvalue weighted by Gasteiger charge is -2.35. The van der Waals surface area contributed by atoms with Crippen LogP contribution in [-0.2, 0) is 6.54 Å². The summed E-state index contributed by atoms with van der Waals surface area (Å²) in [5, 5.41) is 12.7. The smallest absolute Gasteiger partial charge is 0.278 e. The predicted octanol–water partition coefficient (Wildman–Crippen LogP) is 2.34. The van der Waals surface area contributed by atoms with Crippen molar-refractivity contribution in [1.82, 2.24) is 29.2 Å². The molecule has 1 aliphatic heterocycles. The number of ether oxygens (including phenoxy) is 1. The van der Waals surface area contributed by atoms with Crippen molar-refractivity contribution in [2.75, 3.05) is 56.7 Å². The summed E-state index contributed by atoms with van der Waals surface area (Å²) in [5.41, 5.74) is 3.41. The zero-order chi connectivity index (χ0) is 26.6. The average Bonchev–Trinajstić information content (AvgIpc) is 3.19. The minimum Gasteiger partial charge on any atom is -0.475 e. The molecule has 0 atom stereocenters. The van der Waals surface area contributed by atoms with Gasteiger partial charge in [-0.2, -0.15) is 9.97 Å². The Bertz CT molecular complexity index is 1500. The molecule has 11 heteroatoms. The van der Waals surface area contributed by atoms with Gasteiger partial charge in [0, 0.05) is 49.8 Å². The van der Waals surface area contributed by atoms with E-state index >= 15 is 0 Å². The van der Waals surface area contributed by atoms with E-state index in [1.807, 2.05) is 6.07 Å². The number of pyridine rings is 1. The summed E-state index contributed by atoms with van der Waals surface area (Å²) >= 11 is 0. The van der Waals surface area contributed by atoms with Crippen molar-refractivity contribution >= 4 is 28.4 Å². The zero-order valence-electron chi connectivity index (χ0n) is 21.7. The van der Waals surface area contributed by atoms with Crippen molar-refractivity contribution in [3.05, 3.63) is 71.2 Å². The Morgan fingerprint density at radius 3 is 2.71 bits per heavy atom. The molecule has 4 heterocycles. The van der Waals surface area contributed by atoms with Gasteiger partial charge in [-0.15, -0.1) is 6.58 Å². The summed E-state index contributed by atoms with van der Waals surface area (Å²) in [5.74, 6) is 1.15. The molecule has 1 saturated heterocycles. The fourth-order valence-corrected chi connectivity index (χ4v) is 4.63. The van der Waals surface area contributed by atoms with Gasteiger partial charge in [-0.25, -0.2) is 14.3 Å². The Kier molecular flexibility index (Phi) is 7.38. The molecule has 11 nitrogen and oxygen atoms in total. The number of piperazine rings is 1. The van der Waals surface area contributed by atoms with Crippen LogP contribution in [-0.4, -0.2) is 80.8 Å². The molecule has 1 aromatic carbocycles. The first-order valence-corrected chi connectivity index (χ1v) is 12.6. The summed E-state index contributed by atoms with van der Waals surface area (Å²) in [6.45, 7) is 10.2. The van der Waals surface area contributed by atoms with Gasteiger partial charge in [-0.3, -0.25) is 4.79 Å². The van der Waals surface area contributed by atoms with E-state index in [0.29, 0.717) is 28.7 Å². The van der Waals surface area contributed by atoms with Crippen molar-refractivity contribution in [2.24, 2.45) is 0 Å². The minimum atomic E-state index is -0.248. The third kappa shape index (κ3) is 5.11. The molecule has 5 rings (SSSR count). The molecule has 0 saturated carbocycles. The third-order valence-electron chi connectivity index (χ3n) is 6.54. The van der Waals surface area contributed by atoms with E-state index in [0.717, 1.165) is 31.9 Å². The highest BCUT2D eigenvalue weighted by molar-refractivity contribution is 5.77. The fraction of sp³-hybridized carbons (Fsp3) is 0.333. The number of hydrogen-bond acceptors (Lipinski definition) is 9. The van der Waals surface area contributed by atoms with Gasteiger partial charge >= 0.3 is 0 Å². The van der Waals surface area contributed by atoms with Crippen molar-refractivity contribution in [1.29, 1.82) is 0 Å². The molecule has 0 amide bonds. The van der Waals surface area contributed by atoms with E-state index in [1.165, 1.54) is 22.1 Å². The standard InChI is InChI=1S/C27H32N8O3/c1-4-10-34-26(37)21-18-28-27(31-25(21)35(34)23-6-5-7-24(30-23)38-16-15-36)29-20-8-9-22(19(2)17-20)33-13-11-32(3)12-14-33/h4-9,17-18,36H,1,10-16H2,2-3H3,(H,28,29,31). The Morgan fingerprint density at radius 2 is 1.97 bits per heavy atom. The second kappa shape index (κ2) is 11.0. The third-order valence-corrected chi connectivity index (χ3v) is 6.54. The van der Waals surface area contributed by atoms with E-state index in [9.17, 15) is 4.79 Å². The van der Waals surface area contributed by atoms with Crippen molar-refractivity contribution in [3.63, 3.8) is 0 Å². The van der Waals surface area contributed by atoms with E-state index in [-0.39, 0.29) is 25.3 Å². The largest absolute Gasteiger partial charge is 0.475 e. The van der Waals surface area contributed by atoms with E-state index in [1.54, 1.807) is 29.0 Å². The summed E-state index contributed by atoms with van der Waals surface area (Å²) in [6.07, 6.45) is 3.17. The van der Waals surface area contributed by atoms with E-state index in [4.69, 9.17) is 14.8 Å². The molecule has 1 fully saturated rings. The topological polar surface area (TPSA) is 114 Å². The quantitative estimate of drug-likeness (QED) is 0.324. The number of likely N-dealkylation sites (N-methyl/N-ethyl adjacent to an activating group) is 1. The molecule has 4 aromatic rings. The van der Waals surface area contributed by atoms with Crippen LogP contribution in [0, 0.1) is 6.92 Å². The second-order valence-electron chi connectivity index (χ2n) is 9.24. The first-order valence-electron chi connectivity index (χ1n) is 12.6. The van der Waals surface area contributed by atoms with Crippen LogP contribution in [0.15, 0.2) is 60.0 Å². The number of aromatic nitrogens is 5. The van der Waals surface area contributed by atoms with Gasteiger partial charge in [0.2, 0.25) is 11.8 Å². The number of nitrogens with zero attached hydrogens (tertiary/aromatic N) is 7. The summed E-state index contributed by atoms with van der Waals surface area (Å²) in [7, 11) is 2.15. The van der Waals surface area contributed by atoms with Crippen molar-refractivity contribution in [3.8, 4) is 11.7 Å². The SMILES string of the molecule is C=CCn1c(=O)c2cnc(Nc3ccc(N4CCN(C)CC4)c(C)c3)nc2n1-c1cccc(OCCO)n1. The Labute approximate surface area is 220 Å². The Morgan fingerprint density at radius 1 is 1.16 bits per heavy atom. The molecule has 0 spiro atoms. The van der Waals surface area contributed by atoms with Crippen LogP contribution in [0.5, 0.6) is 5.88 Å². The number of aliphatic hydroxyl groups is 1. The Balaban J connectivity index is 1.49. The summed E-state index contributed by atoms with van der Waals surface area (Å²) in [4.78, 5) is 31.6. The monoisotopic (exact) mass is 516 g/mol. The molecule has 0 aliphatic carbocycles. The lowest BCUT2D eigenvalue weighted by molar-refractivity contribution is 0.196. The number of fused-ring (bicyclic) bond motifs is 1. The van der Waals surface area contributed by atoms with Crippen molar-refractivity contribution in [2.45, 2.75) is 13.5 Å². The number of benzene rings is 1. The summed E-state index contributed by atoms with van der Waals surface area (Å²) < 4.78 is 8.62. The van der Waals surface area contributed by atoms with Crippen LogP contribution in [0.2, 0.25) is 0 Å². The van der Waals surface area contributed by atoms with Gasteiger partial charge in [-0.05, 0) is 43.8 Å². The van der Waals surface area contributed by atoms with Gasteiger partial charge in [-0.1, -0.05) is 12.1 Å². The zero-order valence-corrected chi connectivity index (χ0v) is 21.7. The number of rotatable bonds is 9. The summed E-state index contributed by atoms with van der Waals surface area (Å²) in [6, 6.07) is 11.5. The van der Waals surface area contributed by atoms with Gasteiger partial charge in [0.1, 0.15) is 12.0 Å². The van der Waals surface area contributed by atoms with E-state index in [2.05, 4.69) is 57.8 Å². The van der Waals surface area contributed by atoms with Gasteiger partial charge in [0.25, 0.3) is 5.56 Å². The lowest BCUT2D eigenvalue weighted by Crippen LogP contribution is -2.44. The van der Waals surface area contributed by atoms with Gasteiger partial charge < -0.3 is 25.0 Å². The number of hydrogen-bond donors (Lipinski definition) is 2. The minimum absolute atomic E-state index is 0.117. The maximum absolute atomic E-state index is 13.2. The molecule has 0 radical (unpaired) electrons. The number of aryl methyl sites for hydroxylation is 1. The van der Waals surface area contributed by atoms with Crippen LogP contribution < -0.4 is 20.5 Å². The first kappa shape index (κ1) is 25.4. The van der Waals surface area contributed by atoms with Crippen LogP contribution >= 0.6 is 0 Å². The fourth-order valence-electron chi connectivity index (χ4n) is 4.63. The van der Waals surface area contributed by atoms with E-state index < -0.39 is 0 Å². The van der Waals surface area contributed by atoms with Crippen LogP contribution in [0.3, 0.4) is 0 Å². The maximum Gasteiger partial charge on any atom is 0.278 e. The number of anilines is 3. The molecule has 0 unspecified atom stereocenters. The Hall–Kier alpha value is -4.22. The van der Waals surface area contributed by atoms with Crippen LogP contribution in [0.25, 0.3) is 16.9 Å². The predicted molar refractivity (Wildman–Crippen MR) is 148 cm³/mol. The highest BCUT2D eigenvalue weighted by Crippen LogP contribution is 2.26. The second-order valence-corrected chi connectivity index (χ2v) is 9.24. The lowest BCUT2D eigenvalue weighted by atomic mass is 10.1. The number of aliphatic hydroxyl groups excluding tert-OH is 1. The van der Waals surface area contributed by atoms with Crippen molar-refractivity contribution < 1.29 is 9.84 Å². The molecule has 1 aliphatic rings. The molecule has 3 aromatic heterocycles. The average molecular weight is 517 g/mol. The molecule has 2 N–H and O–H groups in total. The highest BCUT2D eigenvalue weighted by atomic mass is 16.5. The number of nitrogens with one attached hydrogen (secondary N) is 1. The molecule has 38 heavy (non-hydrogen) atoms. The first-order chi connectivity index (χ1) is 18.5. The normalized spacial score (nSPS) is 14.1. The van der Waals surface area contributed by atoms with Crippen LogP contribution in [0.4, 0.5) is 17.3 Å². The van der Waals surface area contributed by atoms with Gasteiger partial charge in [0.05, 0.1) is 13.2 Å². The molecule has 198 valence electrons. The number of allylic oxidation sites excluding steroid dienone is 1.